The van der Waals surface area contributed by atoms with Gasteiger partial charge in [0.1, 0.15) is 0 Å². The molecule has 160 valence electrons. The minimum atomic E-state index is -2.87. The number of aromatic nitrogens is 2. The fourth-order valence-electron chi connectivity index (χ4n) is 4.18. The number of carboxylic acid groups (broad SMARTS) is 1. The van der Waals surface area contributed by atoms with Crippen LogP contribution in [0.25, 0.3) is 0 Å². The van der Waals surface area contributed by atoms with Gasteiger partial charge in [-0.1, -0.05) is 0 Å². The monoisotopic (exact) mass is 488 g/mol. The van der Waals surface area contributed by atoms with E-state index in [0.29, 0.717) is 0 Å². The summed E-state index contributed by atoms with van der Waals surface area (Å²) in [5.74, 6) is -0.704. The first-order valence-electron chi connectivity index (χ1n) is 10.5. The molecule has 6 heteroatoms. The van der Waals surface area contributed by atoms with Gasteiger partial charge < -0.3 is 0 Å². The number of nitrogens with zero attached hydrogens (tertiary/aromatic N) is 2. The first-order chi connectivity index (χ1) is 14.4. The second-order valence-corrected chi connectivity index (χ2v) is 16.9. The number of rotatable bonds is 11. The van der Waals surface area contributed by atoms with Crippen LogP contribution in [0.1, 0.15) is 38.5 Å². The minimum absolute atomic E-state index is 0.266. The number of unbranched alkanes of at least 4 members (excludes halogenated alkanes) is 4. The zero-order valence-electron chi connectivity index (χ0n) is 17.5. The standard InChI is InChI=1S/C24H30BrN2O2P/c1-27-20-23(19-26-27)30(25,21-13-7-5-8-14-21,22-15-9-6-10-16-22)18-12-4-2-3-11-17-24(28)29/h5-10,13-16,19-20H,2-4,11-12,17-18H2,1H3,(H,28,29). The van der Waals surface area contributed by atoms with E-state index < -0.39 is 11.3 Å². The zero-order chi connectivity index (χ0) is 21.5. The van der Waals surface area contributed by atoms with Gasteiger partial charge in [0, 0.05) is 0 Å². The fraction of sp³-hybridized carbons (Fsp3) is 0.333. The van der Waals surface area contributed by atoms with Gasteiger partial charge in [0.15, 0.2) is 0 Å². The third kappa shape index (κ3) is 4.68. The Morgan fingerprint density at radius 1 is 0.900 bits per heavy atom. The van der Waals surface area contributed by atoms with Crippen molar-refractivity contribution < 1.29 is 9.90 Å². The number of hydrogen-bond donors (Lipinski definition) is 1. The van der Waals surface area contributed by atoms with E-state index >= 15 is 0 Å². The average Bonchev–Trinajstić information content (AvgIpc) is 3.21. The molecule has 0 unspecified atom stereocenters. The van der Waals surface area contributed by atoms with Crippen molar-refractivity contribution >= 4 is 42.7 Å². The van der Waals surface area contributed by atoms with Gasteiger partial charge in [0.2, 0.25) is 0 Å². The van der Waals surface area contributed by atoms with E-state index in [0.717, 1.165) is 38.3 Å². The Morgan fingerprint density at radius 3 is 1.93 bits per heavy atom. The summed E-state index contributed by atoms with van der Waals surface area (Å²) in [7, 11) is 1.97. The van der Waals surface area contributed by atoms with Crippen molar-refractivity contribution in [1.82, 2.24) is 9.78 Å². The van der Waals surface area contributed by atoms with Crippen molar-refractivity contribution in [2.45, 2.75) is 38.5 Å². The van der Waals surface area contributed by atoms with Crippen molar-refractivity contribution in [3.05, 3.63) is 73.1 Å². The predicted molar refractivity (Wildman–Crippen MR) is 131 cm³/mol. The van der Waals surface area contributed by atoms with Crippen molar-refractivity contribution in [3.63, 3.8) is 0 Å². The molecule has 3 aromatic rings. The molecule has 2 aromatic carbocycles. The molecule has 3 rings (SSSR count). The number of aliphatic carboxylic acids is 1. The second-order valence-electron chi connectivity index (χ2n) is 7.86. The van der Waals surface area contributed by atoms with Crippen LogP contribution in [0.5, 0.6) is 0 Å². The Balaban J connectivity index is 1.95. The summed E-state index contributed by atoms with van der Waals surface area (Å²) in [6.45, 7) is 0. The van der Waals surface area contributed by atoms with Crippen molar-refractivity contribution in [1.29, 1.82) is 0 Å². The molecular formula is C24H30BrN2O2P. The molecule has 4 nitrogen and oxygen atoms in total. The van der Waals surface area contributed by atoms with Gasteiger partial charge >= 0.3 is 187 Å². The average molecular weight is 489 g/mol. The van der Waals surface area contributed by atoms with Crippen molar-refractivity contribution in [3.8, 4) is 0 Å². The Bertz CT molecular complexity index is 920. The SMILES string of the molecule is Cn1cc(P(Br)(CCCCCCCC(=O)O)(c2ccccc2)c2ccccc2)cn1. The molecule has 1 heterocycles. The molecule has 0 aliphatic carbocycles. The number of halogens is 1. The number of aryl methyl sites for hydroxylation is 1. The van der Waals surface area contributed by atoms with Crippen LogP contribution >= 0.6 is 20.8 Å². The van der Waals surface area contributed by atoms with Crippen LogP contribution in [0, 0.1) is 0 Å². The van der Waals surface area contributed by atoms with E-state index in [-0.39, 0.29) is 6.42 Å². The Hall–Kier alpha value is -1.97. The molecule has 30 heavy (non-hydrogen) atoms. The summed E-state index contributed by atoms with van der Waals surface area (Å²) < 4.78 is 1.88. The summed E-state index contributed by atoms with van der Waals surface area (Å²) in [5, 5.41) is 14.4. The summed E-state index contributed by atoms with van der Waals surface area (Å²) >= 11 is 4.43. The summed E-state index contributed by atoms with van der Waals surface area (Å²) in [5.41, 5.74) is 0. The molecule has 0 atom stereocenters. The van der Waals surface area contributed by atoms with Crippen LogP contribution in [-0.4, -0.2) is 27.0 Å². The molecule has 0 bridgehead atoms. The number of carbonyl (C=O) groups is 1. The molecule has 0 radical (unpaired) electrons. The first-order valence-corrected chi connectivity index (χ1v) is 14.9. The van der Waals surface area contributed by atoms with E-state index in [1.54, 1.807) is 0 Å². The number of hydrogen-bond acceptors (Lipinski definition) is 2. The zero-order valence-corrected chi connectivity index (χ0v) is 19.9. The number of benzene rings is 2. The topological polar surface area (TPSA) is 55.1 Å². The summed E-state index contributed by atoms with van der Waals surface area (Å²) in [6, 6.07) is 21.5. The summed E-state index contributed by atoms with van der Waals surface area (Å²) in [4.78, 5) is 10.7. The van der Waals surface area contributed by atoms with Gasteiger partial charge in [-0.25, -0.2) is 0 Å². The molecule has 0 spiro atoms. The van der Waals surface area contributed by atoms with E-state index in [9.17, 15) is 4.79 Å². The maximum atomic E-state index is 10.7. The van der Waals surface area contributed by atoms with E-state index in [1.165, 1.54) is 15.9 Å². The molecular weight excluding hydrogens is 459 g/mol. The quantitative estimate of drug-likeness (QED) is 0.305. The van der Waals surface area contributed by atoms with Gasteiger partial charge in [-0.2, -0.15) is 0 Å². The van der Waals surface area contributed by atoms with Gasteiger partial charge in [-0.05, 0) is 0 Å². The number of carboxylic acids is 1. The van der Waals surface area contributed by atoms with Gasteiger partial charge in [-0.15, -0.1) is 0 Å². The van der Waals surface area contributed by atoms with Crippen LogP contribution in [-0.2, 0) is 11.8 Å². The molecule has 0 saturated heterocycles. The van der Waals surface area contributed by atoms with Crippen molar-refractivity contribution in [2.24, 2.45) is 7.05 Å². The molecule has 0 aliphatic rings. The van der Waals surface area contributed by atoms with Crippen LogP contribution in [0.4, 0.5) is 0 Å². The normalized spacial score (nSPS) is 12.9. The van der Waals surface area contributed by atoms with Crippen molar-refractivity contribution in [2.75, 3.05) is 6.16 Å². The molecule has 1 aromatic heterocycles. The predicted octanol–water partition coefficient (Wildman–Crippen LogP) is 4.98. The van der Waals surface area contributed by atoms with Crippen LogP contribution in [0.3, 0.4) is 0 Å². The third-order valence-corrected chi connectivity index (χ3v) is 15.8. The van der Waals surface area contributed by atoms with Crippen LogP contribution < -0.4 is 15.9 Å². The maximum absolute atomic E-state index is 10.7. The Kier molecular flexibility index (Phi) is 7.49. The Morgan fingerprint density at radius 2 is 1.43 bits per heavy atom. The van der Waals surface area contributed by atoms with Gasteiger partial charge in [0.05, 0.1) is 0 Å². The second kappa shape index (κ2) is 9.89. The van der Waals surface area contributed by atoms with E-state index in [1.807, 2.05) is 17.9 Å². The van der Waals surface area contributed by atoms with Gasteiger partial charge in [-0.3, -0.25) is 0 Å². The molecule has 0 saturated carbocycles. The molecule has 0 aliphatic heterocycles. The van der Waals surface area contributed by atoms with Crippen LogP contribution in [0.2, 0.25) is 0 Å². The first kappa shape index (κ1) is 22.7. The van der Waals surface area contributed by atoms with E-state index in [4.69, 9.17) is 5.11 Å². The van der Waals surface area contributed by atoms with Gasteiger partial charge in [0.25, 0.3) is 0 Å². The molecule has 0 amide bonds. The fourth-order valence-corrected chi connectivity index (χ4v) is 11.7. The molecule has 0 fully saturated rings. The van der Waals surface area contributed by atoms with Crippen LogP contribution in [0.15, 0.2) is 73.1 Å². The molecule has 1 N–H and O–H groups in total. The summed E-state index contributed by atoms with van der Waals surface area (Å²) in [6.07, 6.45) is 10.4. The Labute approximate surface area is 187 Å². The van der Waals surface area contributed by atoms with E-state index in [2.05, 4.69) is 87.4 Å². The third-order valence-electron chi connectivity index (χ3n) is 5.79.